The number of likely N-dealkylation sites (N-methyl/N-ethyl adjacent to an activating group) is 1. The molecule has 1 saturated heterocycles. The van der Waals surface area contributed by atoms with E-state index in [0.717, 1.165) is 5.39 Å². The van der Waals surface area contributed by atoms with E-state index in [9.17, 15) is 14.7 Å². The molecule has 160 valence electrons. The van der Waals surface area contributed by atoms with Gasteiger partial charge in [0.05, 0.1) is 42.1 Å². The van der Waals surface area contributed by atoms with Crippen molar-refractivity contribution in [1.29, 1.82) is 0 Å². The number of para-hydroxylation sites is 1. The second-order valence-electron chi connectivity index (χ2n) is 7.41. The highest BCUT2D eigenvalue weighted by Gasteiger charge is 2.28. The van der Waals surface area contributed by atoms with E-state index in [1.54, 1.807) is 42.5 Å². The summed E-state index contributed by atoms with van der Waals surface area (Å²) in [6, 6.07) is 12.6. The molecular weight excluding hydrogens is 396 g/mol. The summed E-state index contributed by atoms with van der Waals surface area (Å²) < 4.78 is 5.94. The van der Waals surface area contributed by atoms with E-state index in [-0.39, 0.29) is 25.0 Å². The zero-order chi connectivity index (χ0) is 21.8. The van der Waals surface area contributed by atoms with Gasteiger partial charge in [0.1, 0.15) is 6.10 Å². The minimum atomic E-state index is -0.450. The molecular formula is C23H24N4O4. The van der Waals surface area contributed by atoms with Crippen LogP contribution in [0, 0.1) is 0 Å². The first-order valence-electron chi connectivity index (χ1n) is 10.2. The van der Waals surface area contributed by atoms with Crippen LogP contribution in [0.3, 0.4) is 0 Å². The molecule has 8 nitrogen and oxygen atoms in total. The summed E-state index contributed by atoms with van der Waals surface area (Å²) in [5.74, 6) is -0.311. The maximum atomic E-state index is 13.0. The molecule has 1 fully saturated rings. The fraction of sp³-hybridized carbons (Fsp3) is 0.304. The quantitative estimate of drug-likeness (QED) is 0.677. The van der Waals surface area contributed by atoms with E-state index in [1.165, 1.54) is 4.90 Å². The molecule has 3 heterocycles. The Morgan fingerprint density at radius 2 is 2.10 bits per heavy atom. The van der Waals surface area contributed by atoms with Crippen LogP contribution in [0.15, 0.2) is 54.9 Å². The molecule has 0 radical (unpaired) electrons. The number of pyridine rings is 2. The van der Waals surface area contributed by atoms with Crippen LogP contribution in [-0.4, -0.2) is 76.6 Å². The molecule has 31 heavy (non-hydrogen) atoms. The molecule has 1 N–H and O–H groups in total. The van der Waals surface area contributed by atoms with Gasteiger partial charge in [0.2, 0.25) is 0 Å². The van der Waals surface area contributed by atoms with Crippen LogP contribution in [0.2, 0.25) is 0 Å². The van der Waals surface area contributed by atoms with Crippen molar-refractivity contribution in [3.05, 3.63) is 71.7 Å². The van der Waals surface area contributed by atoms with Crippen molar-refractivity contribution in [2.45, 2.75) is 6.10 Å². The molecule has 2 aromatic heterocycles. The Balaban J connectivity index is 1.66. The molecule has 1 aliphatic rings. The van der Waals surface area contributed by atoms with Crippen LogP contribution in [0.25, 0.3) is 10.9 Å². The van der Waals surface area contributed by atoms with Gasteiger partial charge in [-0.15, -0.1) is 0 Å². The van der Waals surface area contributed by atoms with E-state index in [1.807, 2.05) is 24.3 Å². The number of carbonyl (C=O) groups excluding carboxylic acids is 2. The number of rotatable bonds is 5. The molecule has 3 aromatic rings. The Labute approximate surface area is 180 Å². The van der Waals surface area contributed by atoms with Gasteiger partial charge in [0, 0.05) is 37.9 Å². The summed E-state index contributed by atoms with van der Waals surface area (Å²) in [4.78, 5) is 37.8. The van der Waals surface area contributed by atoms with E-state index in [0.29, 0.717) is 42.0 Å². The number of amides is 2. The Morgan fingerprint density at radius 1 is 1.26 bits per heavy atom. The summed E-state index contributed by atoms with van der Waals surface area (Å²) in [6.07, 6.45) is 2.73. The van der Waals surface area contributed by atoms with Crippen molar-refractivity contribution in [3.63, 3.8) is 0 Å². The number of hydrogen-bond donors (Lipinski definition) is 1. The molecule has 4 rings (SSSR count). The van der Waals surface area contributed by atoms with E-state index in [4.69, 9.17) is 9.72 Å². The molecule has 1 aromatic carbocycles. The smallest absolute Gasteiger partial charge is 0.255 e. The standard InChI is InChI=1S/C23H24N4O4/c1-26(9-11-28)23(30)18-13-20(25-19-7-3-2-6-17(18)19)21-15-27(10-12-31-21)22(29)16-5-4-8-24-14-16/h2-8,13-14,21,28H,9-12,15H2,1H3/t21-/m0/s1. The summed E-state index contributed by atoms with van der Waals surface area (Å²) in [7, 11) is 1.65. The lowest BCUT2D eigenvalue weighted by Gasteiger charge is -2.33. The average molecular weight is 420 g/mol. The normalized spacial score (nSPS) is 16.3. The number of fused-ring (bicyclic) bond motifs is 1. The maximum absolute atomic E-state index is 13.0. The minimum absolute atomic E-state index is 0.110. The summed E-state index contributed by atoms with van der Waals surface area (Å²) in [5.41, 5.74) is 2.30. The first kappa shape index (κ1) is 20.9. The van der Waals surface area contributed by atoms with Crippen molar-refractivity contribution in [3.8, 4) is 0 Å². The van der Waals surface area contributed by atoms with Gasteiger partial charge in [-0.05, 0) is 24.3 Å². The van der Waals surface area contributed by atoms with Gasteiger partial charge in [-0.2, -0.15) is 0 Å². The van der Waals surface area contributed by atoms with Gasteiger partial charge < -0.3 is 19.6 Å². The molecule has 8 heteroatoms. The maximum Gasteiger partial charge on any atom is 0.255 e. The first-order chi connectivity index (χ1) is 15.1. The Bertz CT molecular complexity index is 1090. The molecule has 0 bridgehead atoms. The topological polar surface area (TPSA) is 95.9 Å². The number of aliphatic hydroxyl groups is 1. The molecule has 1 aliphatic heterocycles. The fourth-order valence-corrected chi connectivity index (χ4v) is 3.68. The van der Waals surface area contributed by atoms with Gasteiger partial charge in [-0.25, -0.2) is 4.98 Å². The number of ether oxygens (including phenoxy) is 1. The van der Waals surface area contributed by atoms with Crippen molar-refractivity contribution in [2.24, 2.45) is 0 Å². The number of aliphatic hydroxyl groups excluding tert-OH is 1. The third kappa shape index (κ3) is 4.40. The van der Waals surface area contributed by atoms with Gasteiger partial charge in [-0.3, -0.25) is 14.6 Å². The number of carbonyl (C=O) groups is 2. The van der Waals surface area contributed by atoms with Crippen LogP contribution in [-0.2, 0) is 4.74 Å². The zero-order valence-electron chi connectivity index (χ0n) is 17.3. The fourth-order valence-electron chi connectivity index (χ4n) is 3.68. The second kappa shape index (κ2) is 9.20. The van der Waals surface area contributed by atoms with Crippen LogP contribution in [0.1, 0.15) is 32.5 Å². The Kier molecular flexibility index (Phi) is 6.20. The van der Waals surface area contributed by atoms with Crippen LogP contribution in [0.5, 0.6) is 0 Å². The van der Waals surface area contributed by atoms with E-state index >= 15 is 0 Å². The van der Waals surface area contributed by atoms with E-state index in [2.05, 4.69) is 4.98 Å². The number of nitrogens with zero attached hydrogens (tertiary/aromatic N) is 4. The molecule has 0 unspecified atom stereocenters. The Morgan fingerprint density at radius 3 is 2.87 bits per heavy atom. The largest absolute Gasteiger partial charge is 0.395 e. The first-order valence-corrected chi connectivity index (χ1v) is 10.2. The summed E-state index contributed by atoms with van der Waals surface area (Å²) in [6.45, 7) is 1.30. The van der Waals surface area contributed by atoms with E-state index < -0.39 is 6.10 Å². The van der Waals surface area contributed by atoms with Crippen molar-refractivity contribution < 1.29 is 19.4 Å². The highest BCUT2D eigenvalue weighted by molar-refractivity contribution is 6.06. The number of aromatic nitrogens is 2. The predicted octanol–water partition coefficient (Wildman–Crippen LogP) is 1.91. The molecule has 2 amide bonds. The van der Waals surface area contributed by atoms with Crippen LogP contribution >= 0.6 is 0 Å². The molecule has 0 spiro atoms. The van der Waals surface area contributed by atoms with Crippen molar-refractivity contribution in [2.75, 3.05) is 39.9 Å². The highest BCUT2D eigenvalue weighted by Crippen LogP contribution is 2.27. The van der Waals surface area contributed by atoms with Crippen molar-refractivity contribution >= 4 is 22.7 Å². The highest BCUT2D eigenvalue weighted by atomic mass is 16.5. The van der Waals surface area contributed by atoms with Gasteiger partial charge in [0.25, 0.3) is 11.8 Å². The predicted molar refractivity (Wildman–Crippen MR) is 115 cm³/mol. The minimum Gasteiger partial charge on any atom is -0.395 e. The van der Waals surface area contributed by atoms with Crippen LogP contribution in [0.4, 0.5) is 0 Å². The Hall–Kier alpha value is -3.36. The third-order valence-corrected chi connectivity index (χ3v) is 5.34. The third-order valence-electron chi connectivity index (χ3n) is 5.34. The number of morpholine rings is 1. The SMILES string of the molecule is CN(CCO)C(=O)c1cc([C@@H]2CN(C(=O)c3cccnc3)CCO2)nc2ccccc12. The molecule has 0 aliphatic carbocycles. The van der Waals surface area contributed by atoms with Gasteiger partial charge in [0.15, 0.2) is 0 Å². The number of benzene rings is 1. The zero-order valence-corrected chi connectivity index (χ0v) is 17.3. The average Bonchev–Trinajstić information content (AvgIpc) is 2.83. The lowest BCUT2D eigenvalue weighted by atomic mass is 10.0. The monoisotopic (exact) mass is 420 g/mol. The lowest BCUT2D eigenvalue weighted by Crippen LogP contribution is -2.42. The number of hydrogen-bond acceptors (Lipinski definition) is 6. The van der Waals surface area contributed by atoms with Gasteiger partial charge in [-0.1, -0.05) is 18.2 Å². The lowest BCUT2D eigenvalue weighted by molar-refractivity contribution is -0.0246. The van der Waals surface area contributed by atoms with Gasteiger partial charge >= 0.3 is 0 Å². The molecule has 0 saturated carbocycles. The second-order valence-corrected chi connectivity index (χ2v) is 7.41. The van der Waals surface area contributed by atoms with Crippen LogP contribution < -0.4 is 0 Å². The summed E-state index contributed by atoms with van der Waals surface area (Å²) >= 11 is 0. The molecule has 1 atom stereocenters. The summed E-state index contributed by atoms with van der Waals surface area (Å²) in [5, 5.41) is 9.95. The van der Waals surface area contributed by atoms with Crippen molar-refractivity contribution in [1.82, 2.24) is 19.8 Å².